The molecule has 0 radical (unpaired) electrons. The lowest BCUT2D eigenvalue weighted by Gasteiger charge is -2.36. The minimum Gasteiger partial charge on any atom is -0.242 e. The minimum absolute atomic E-state index is 0.348. The predicted molar refractivity (Wildman–Crippen MR) is 106 cm³/mol. The first-order chi connectivity index (χ1) is 11.4. The molecule has 6 heteroatoms. The van der Waals surface area contributed by atoms with Crippen molar-refractivity contribution >= 4 is 26.9 Å². The van der Waals surface area contributed by atoms with Crippen LogP contribution in [0.3, 0.4) is 0 Å². The van der Waals surface area contributed by atoms with E-state index in [2.05, 4.69) is 26.7 Å². The van der Waals surface area contributed by atoms with Gasteiger partial charge in [-0.15, -0.1) is 0 Å². The zero-order valence-electron chi connectivity index (χ0n) is 15.9. The summed E-state index contributed by atoms with van der Waals surface area (Å²) in [7, 11) is -1.37. The fourth-order valence-electron chi connectivity index (χ4n) is 2.36. The van der Waals surface area contributed by atoms with Crippen LogP contribution in [0.5, 0.6) is 0 Å². The zero-order valence-corrected chi connectivity index (χ0v) is 18.3. The standard InChI is InChI=1S/C19H28BrFN2OS/c1-7-18(5,13-22)10-11-19(6,23-25(24)17(2,3)4)15-12-14(20)8-9-16(15)21/h8-9,12,23H,7,10-11H2,1-6H3/t18?,19-,25?/m0/s1. The molecule has 0 aromatic heterocycles. The minimum atomic E-state index is -1.37. The lowest BCUT2D eigenvalue weighted by molar-refractivity contribution is 0.296. The molecule has 1 N–H and O–H groups in total. The maximum absolute atomic E-state index is 14.6. The molecule has 1 rings (SSSR count). The lowest BCUT2D eigenvalue weighted by Crippen LogP contribution is -2.47. The third-order valence-electron chi connectivity index (χ3n) is 4.62. The quantitative estimate of drug-likeness (QED) is 0.613. The van der Waals surface area contributed by atoms with Crippen molar-refractivity contribution in [1.29, 1.82) is 5.26 Å². The van der Waals surface area contributed by atoms with Gasteiger partial charge >= 0.3 is 0 Å². The number of nitrogens with one attached hydrogen (secondary N) is 1. The van der Waals surface area contributed by atoms with Crippen LogP contribution in [0.2, 0.25) is 0 Å². The Balaban J connectivity index is 3.29. The summed E-state index contributed by atoms with van der Waals surface area (Å²) in [5.41, 5.74) is -0.885. The van der Waals surface area contributed by atoms with E-state index in [4.69, 9.17) is 0 Å². The molecule has 0 aliphatic heterocycles. The van der Waals surface area contributed by atoms with Gasteiger partial charge in [0, 0.05) is 10.0 Å². The van der Waals surface area contributed by atoms with E-state index in [1.54, 1.807) is 12.1 Å². The van der Waals surface area contributed by atoms with Crippen LogP contribution >= 0.6 is 15.9 Å². The molecule has 0 saturated carbocycles. The average Bonchev–Trinajstić information content (AvgIpc) is 2.54. The smallest absolute Gasteiger partial charge is 0.128 e. The van der Waals surface area contributed by atoms with Gasteiger partial charge in [-0.05, 0) is 72.1 Å². The molecule has 140 valence electrons. The van der Waals surface area contributed by atoms with E-state index in [0.29, 0.717) is 24.8 Å². The maximum Gasteiger partial charge on any atom is 0.128 e. The van der Waals surface area contributed by atoms with E-state index in [0.717, 1.165) is 4.47 Å². The Morgan fingerprint density at radius 2 is 1.84 bits per heavy atom. The number of rotatable bonds is 7. The van der Waals surface area contributed by atoms with Gasteiger partial charge in [0.15, 0.2) is 0 Å². The number of nitriles is 1. The van der Waals surface area contributed by atoms with Crippen molar-refractivity contribution in [2.75, 3.05) is 0 Å². The molecule has 1 aromatic carbocycles. The average molecular weight is 431 g/mol. The topological polar surface area (TPSA) is 52.9 Å². The van der Waals surface area contributed by atoms with Gasteiger partial charge in [-0.25, -0.2) is 13.3 Å². The number of hydrogen-bond acceptors (Lipinski definition) is 2. The molecule has 0 aliphatic rings. The SMILES string of the molecule is CCC(C)(C#N)CC[C@](C)(NS(=O)C(C)(C)C)c1cc(Br)ccc1F. The summed E-state index contributed by atoms with van der Waals surface area (Å²) in [6, 6.07) is 7.12. The molecule has 2 unspecified atom stereocenters. The first kappa shape index (κ1) is 22.3. The molecule has 0 spiro atoms. The first-order valence-corrected chi connectivity index (χ1v) is 10.4. The monoisotopic (exact) mass is 430 g/mol. The Kier molecular flexibility index (Phi) is 7.38. The van der Waals surface area contributed by atoms with Crippen LogP contribution in [0.25, 0.3) is 0 Å². The summed E-state index contributed by atoms with van der Waals surface area (Å²) in [5.74, 6) is -0.348. The number of nitrogens with zero attached hydrogens (tertiary/aromatic N) is 1. The second-order valence-electron chi connectivity index (χ2n) is 7.97. The zero-order chi connectivity index (χ0) is 19.5. The number of benzene rings is 1. The molecular formula is C19H28BrFN2OS. The van der Waals surface area contributed by atoms with Gasteiger partial charge in [0.25, 0.3) is 0 Å². The highest BCUT2D eigenvalue weighted by atomic mass is 79.9. The van der Waals surface area contributed by atoms with Crippen molar-refractivity contribution in [2.45, 2.75) is 71.1 Å². The first-order valence-electron chi connectivity index (χ1n) is 8.43. The number of hydrogen-bond donors (Lipinski definition) is 1. The van der Waals surface area contributed by atoms with Gasteiger partial charge in [-0.2, -0.15) is 5.26 Å². The van der Waals surface area contributed by atoms with Crippen LogP contribution in [0.4, 0.5) is 4.39 Å². The summed E-state index contributed by atoms with van der Waals surface area (Å²) in [6.07, 6.45) is 1.79. The van der Waals surface area contributed by atoms with Crippen LogP contribution < -0.4 is 4.72 Å². The highest BCUT2D eigenvalue weighted by Gasteiger charge is 2.36. The van der Waals surface area contributed by atoms with E-state index >= 15 is 0 Å². The van der Waals surface area contributed by atoms with Crippen LogP contribution in [0, 0.1) is 22.6 Å². The predicted octanol–water partition coefficient (Wildman–Crippen LogP) is 5.58. The van der Waals surface area contributed by atoms with Crippen LogP contribution in [0.1, 0.15) is 66.4 Å². The van der Waals surface area contributed by atoms with Crippen molar-refractivity contribution in [1.82, 2.24) is 4.72 Å². The van der Waals surface area contributed by atoms with Crippen molar-refractivity contribution in [3.05, 3.63) is 34.1 Å². The van der Waals surface area contributed by atoms with Crippen LogP contribution in [0.15, 0.2) is 22.7 Å². The lowest BCUT2D eigenvalue weighted by atomic mass is 9.78. The Hall–Kier alpha value is -0.770. The number of halogens is 2. The van der Waals surface area contributed by atoms with E-state index < -0.39 is 26.7 Å². The molecule has 3 nitrogen and oxygen atoms in total. The van der Waals surface area contributed by atoms with E-state index in [1.165, 1.54) is 6.07 Å². The molecule has 0 fully saturated rings. The molecule has 0 saturated heterocycles. The summed E-state index contributed by atoms with van der Waals surface area (Å²) >= 11 is 3.39. The largest absolute Gasteiger partial charge is 0.242 e. The summed E-state index contributed by atoms with van der Waals surface area (Å²) < 4.78 is 30.7. The molecule has 25 heavy (non-hydrogen) atoms. The second-order valence-corrected chi connectivity index (χ2v) is 10.8. The highest BCUT2D eigenvalue weighted by Crippen LogP contribution is 2.37. The third kappa shape index (κ3) is 5.87. The maximum atomic E-state index is 14.6. The fourth-order valence-corrected chi connectivity index (χ4v) is 3.64. The van der Waals surface area contributed by atoms with E-state index in [9.17, 15) is 13.9 Å². The second kappa shape index (κ2) is 8.28. The van der Waals surface area contributed by atoms with Gasteiger partial charge in [0.2, 0.25) is 0 Å². The molecular weight excluding hydrogens is 403 g/mol. The van der Waals surface area contributed by atoms with Crippen LogP contribution in [-0.4, -0.2) is 8.96 Å². The molecule has 0 heterocycles. The van der Waals surface area contributed by atoms with Crippen LogP contribution in [-0.2, 0) is 16.5 Å². The summed E-state index contributed by atoms with van der Waals surface area (Å²) in [4.78, 5) is 0. The van der Waals surface area contributed by atoms with E-state index in [1.807, 2.05) is 41.5 Å². The van der Waals surface area contributed by atoms with E-state index in [-0.39, 0.29) is 5.82 Å². The Morgan fingerprint density at radius 3 is 2.32 bits per heavy atom. The van der Waals surface area contributed by atoms with Gasteiger partial charge in [0.05, 0.1) is 32.8 Å². The molecule has 1 aromatic rings. The van der Waals surface area contributed by atoms with Crippen molar-refractivity contribution in [2.24, 2.45) is 5.41 Å². The summed E-state index contributed by atoms with van der Waals surface area (Å²) in [5, 5.41) is 9.45. The van der Waals surface area contributed by atoms with Gasteiger partial charge in [0.1, 0.15) is 5.82 Å². The molecule has 0 aliphatic carbocycles. The van der Waals surface area contributed by atoms with Gasteiger partial charge in [-0.3, -0.25) is 0 Å². The van der Waals surface area contributed by atoms with Gasteiger partial charge in [-0.1, -0.05) is 22.9 Å². The Bertz CT molecular complexity index is 683. The summed E-state index contributed by atoms with van der Waals surface area (Å²) in [6.45, 7) is 11.4. The highest BCUT2D eigenvalue weighted by molar-refractivity contribution is 9.10. The van der Waals surface area contributed by atoms with Crippen molar-refractivity contribution < 1.29 is 8.60 Å². The molecule has 0 amide bonds. The normalized spacial score (nSPS) is 18.0. The molecule has 3 atom stereocenters. The third-order valence-corrected chi connectivity index (χ3v) is 6.87. The van der Waals surface area contributed by atoms with Crippen molar-refractivity contribution in [3.63, 3.8) is 0 Å². The van der Waals surface area contributed by atoms with Crippen molar-refractivity contribution in [3.8, 4) is 6.07 Å². The Labute approximate surface area is 162 Å². The molecule has 0 bridgehead atoms. The van der Waals surface area contributed by atoms with Gasteiger partial charge < -0.3 is 0 Å². The Morgan fingerprint density at radius 1 is 1.24 bits per heavy atom. The fraction of sp³-hybridized carbons (Fsp3) is 0.632.